The first-order valence-corrected chi connectivity index (χ1v) is 8.18. The van der Waals surface area contributed by atoms with Crippen LogP contribution in [0.25, 0.3) is 5.70 Å². The lowest BCUT2D eigenvalue weighted by atomic mass is 9.96. The maximum absolute atomic E-state index is 12.5. The molecule has 0 unspecified atom stereocenters. The molecule has 0 spiro atoms. The molecule has 0 radical (unpaired) electrons. The van der Waals surface area contributed by atoms with Crippen LogP contribution < -0.4 is 14.8 Å². The average Bonchev–Trinajstić information content (AvgIpc) is 3.01. The summed E-state index contributed by atoms with van der Waals surface area (Å²) in [5, 5.41) is 3.31. The minimum absolute atomic E-state index is 0.0227. The van der Waals surface area contributed by atoms with Crippen LogP contribution >= 0.6 is 15.9 Å². The summed E-state index contributed by atoms with van der Waals surface area (Å²) in [6.45, 7) is 1.05. The lowest BCUT2D eigenvalue weighted by Gasteiger charge is -2.21. The Kier molecular flexibility index (Phi) is 3.58. The van der Waals surface area contributed by atoms with Crippen molar-refractivity contribution < 1.29 is 14.3 Å². The van der Waals surface area contributed by atoms with E-state index in [4.69, 9.17) is 9.47 Å². The second kappa shape index (κ2) is 5.74. The highest BCUT2D eigenvalue weighted by molar-refractivity contribution is 9.10. The lowest BCUT2D eigenvalue weighted by molar-refractivity contribution is 0.104. The van der Waals surface area contributed by atoms with Crippen LogP contribution in [0.4, 0.5) is 0 Å². The number of hydrogen-bond donors (Lipinski definition) is 1. The van der Waals surface area contributed by atoms with Crippen LogP contribution in [0.5, 0.6) is 11.5 Å². The Morgan fingerprint density at radius 3 is 2.65 bits per heavy atom. The number of halogens is 1. The maximum Gasteiger partial charge on any atom is 0.231 e. The van der Waals surface area contributed by atoms with Gasteiger partial charge in [0.05, 0.1) is 0 Å². The van der Waals surface area contributed by atoms with Crippen molar-refractivity contribution in [1.82, 2.24) is 5.32 Å². The second-order valence-corrected chi connectivity index (χ2v) is 6.38. The van der Waals surface area contributed by atoms with Gasteiger partial charge in [-0.1, -0.05) is 15.9 Å². The van der Waals surface area contributed by atoms with Crippen molar-refractivity contribution in [1.29, 1.82) is 0 Å². The molecule has 4 nitrogen and oxygen atoms in total. The van der Waals surface area contributed by atoms with Crippen LogP contribution in [0.3, 0.4) is 0 Å². The van der Waals surface area contributed by atoms with Gasteiger partial charge in [-0.25, -0.2) is 0 Å². The number of rotatable bonds is 2. The van der Waals surface area contributed by atoms with Crippen molar-refractivity contribution in [3.05, 3.63) is 63.6 Å². The summed E-state index contributed by atoms with van der Waals surface area (Å²) < 4.78 is 11.8. The highest BCUT2D eigenvalue weighted by Gasteiger charge is 2.22. The van der Waals surface area contributed by atoms with Crippen LogP contribution in [0.2, 0.25) is 0 Å². The number of allylic oxidation sites excluding steroid dienone is 1. The van der Waals surface area contributed by atoms with E-state index in [2.05, 4.69) is 21.2 Å². The Morgan fingerprint density at radius 1 is 1.13 bits per heavy atom. The first-order chi connectivity index (χ1) is 11.2. The molecule has 0 aromatic heterocycles. The monoisotopic (exact) mass is 371 g/mol. The second-order valence-electron chi connectivity index (χ2n) is 5.47. The minimum Gasteiger partial charge on any atom is -0.454 e. The van der Waals surface area contributed by atoms with Gasteiger partial charge < -0.3 is 14.8 Å². The normalized spacial score (nSPS) is 16.8. The first kappa shape index (κ1) is 14.3. The van der Waals surface area contributed by atoms with E-state index in [9.17, 15) is 4.79 Å². The molecule has 1 N–H and O–H groups in total. The Morgan fingerprint density at radius 2 is 1.87 bits per heavy atom. The first-order valence-electron chi connectivity index (χ1n) is 7.39. The average molecular weight is 372 g/mol. The van der Waals surface area contributed by atoms with Crippen LogP contribution in [0, 0.1) is 0 Å². The summed E-state index contributed by atoms with van der Waals surface area (Å²) in [6, 6.07) is 11.3. The summed E-state index contributed by atoms with van der Waals surface area (Å²) in [4.78, 5) is 12.5. The molecule has 2 aromatic carbocycles. The molecule has 2 aromatic rings. The highest BCUT2D eigenvalue weighted by atomic mass is 79.9. The van der Waals surface area contributed by atoms with E-state index in [1.165, 1.54) is 5.56 Å². The summed E-state index contributed by atoms with van der Waals surface area (Å²) in [7, 11) is 0. The third-order valence-corrected chi connectivity index (χ3v) is 4.53. The third kappa shape index (κ3) is 2.72. The molecule has 2 heterocycles. The van der Waals surface area contributed by atoms with Gasteiger partial charge in [0.25, 0.3) is 0 Å². The molecule has 0 amide bonds. The summed E-state index contributed by atoms with van der Waals surface area (Å²) in [5.74, 6) is 1.49. The lowest BCUT2D eigenvalue weighted by Crippen LogP contribution is -2.23. The van der Waals surface area contributed by atoms with Crippen LogP contribution in [-0.2, 0) is 6.42 Å². The summed E-state index contributed by atoms with van der Waals surface area (Å²) in [5.41, 5.74) is 3.67. The maximum atomic E-state index is 12.5. The number of nitrogens with one attached hydrogen (secondary N) is 1. The van der Waals surface area contributed by atoms with Gasteiger partial charge >= 0.3 is 0 Å². The van der Waals surface area contributed by atoms with Crippen molar-refractivity contribution in [2.75, 3.05) is 13.3 Å². The number of ether oxygens (including phenoxy) is 2. The Balaban J connectivity index is 1.71. The van der Waals surface area contributed by atoms with Gasteiger partial charge in [-0.05, 0) is 48.4 Å². The Labute approximate surface area is 142 Å². The number of hydrogen-bond acceptors (Lipinski definition) is 4. The largest absolute Gasteiger partial charge is 0.454 e. The molecule has 0 saturated carbocycles. The van der Waals surface area contributed by atoms with E-state index in [1.54, 1.807) is 6.08 Å². The Bertz CT molecular complexity index is 812. The van der Waals surface area contributed by atoms with E-state index in [-0.39, 0.29) is 12.6 Å². The molecule has 116 valence electrons. The zero-order chi connectivity index (χ0) is 15.8. The standard InChI is InChI=1S/C18H14BrNO3/c19-13-3-1-11(2-4-13)16(21)9-15-14-8-18-17(22-10-23-18)7-12(14)5-6-20-15/h1-4,7-9,20H,5-6,10H2/b15-9-. The summed E-state index contributed by atoms with van der Waals surface area (Å²) in [6.07, 6.45) is 2.55. The van der Waals surface area contributed by atoms with Crippen molar-refractivity contribution in [3.8, 4) is 11.5 Å². The molecule has 23 heavy (non-hydrogen) atoms. The zero-order valence-corrected chi connectivity index (χ0v) is 13.9. The predicted molar refractivity (Wildman–Crippen MR) is 90.7 cm³/mol. The molecule has 0 saturated heterocycles. The van der Waals surface area contributed by atoms with E-state index < -0.39 is 0 Å². The van der Waals surface area contributed by atoms with Crippen LogP contribution in [-0.4, -0.2) is 19.1 Å². The van der Waals surface area contributed by atoms with Crippen LogP contribution in [0.1, 0.15) is 21.5 Å². The van der Waals surface area contributed by atoms with Gasteiger partial charge in [0.1, 0.15) is 0 Å². The molecule has 2 aliphatic heterocycles. The number of carbonyl (C=O) groups is 1. The molecule has 0 fully saturated rings. The molecule has 5 heteroatoms. The van der Waals surface area contributed by atoms with Crippen molar-refractivity contribution in [3.63, 3.8) is 0 Å². The molecule has 0 bridgehead atoms. The van der Waals surface area contributed by atoms with E-state index >= 15 is 0 Å². The zero-order valence-electron chi connectivity index (χ0n) is 12.3. The smallest absolute Gasteiger partial charge is 0.231 e. The van der Waals surface area contributed by atoms with E-state index in [0.29, 0.717) is 5.56 Å². The van der Waals surface area contributed by atoms with Crippen molar-refractivity contribution >= 4 is 27.4 Å². The minimum atomic E-state index is -0.0227. The number of ketones is 1. The van der Waals surface area contributed by atoms with Gasteiger partial charge in [-0.3, -0.25) is 4.79 Å². The third-order valence-electron chi connectivity index (χ3n) is 4.00. The highest BCUT2D eigenvalue weighted by Crippen LogP contribution is 2.38. The quantitative estimate of drug-likeness (QED) is 0.647. The van der Waals surface area contributed by atoms with Gasteiger partial charge in [-0.2, -0.15) is 0 Å². The predicted octanol–water partition coefficient (Wildman–Crippen LogP) is 3.55. The number of fused-ring (bicyclic) bond motifs is 2. The molecule has 0 aliphatic carbocycles. The number of benzene rings is 2. The molecule has 0 atom stereocenters. The van der Waals surface area contributed by atoms with E-state index in [0.717, 1.165) is 40.2 Å². The molecule has 2 aliphatic rings. The summed E-state index contributed by atoms with van der Waals surface area (Å²) >= 11 is 3.38. The fraction of sp³-hybridized carbons (Fsp3) is 0.167. The Hall–Kier alpha value is -2.27. The van der Waals surface area contributed by atoms with Crippen molar-refractivity contribution in [2.45, 2.75) is 6.42 Å². The fourth-order valence-corrected chi connectivity index (χ4v) is 3.09. The van der Waals surface area contributed by atoms with Crippen LogP contribution in [0.15, 0.2) is 46.9 Å². The van der Waals surface area contributed by atoms with Gasteiger partial charge in [-0.15, -0.1) is 0 Å². The fourth-order valence-electron chi connectivity index (χ4n) is 2.83. The van der Waals surface area contributed by atoms with Gasteiger partial charge in [0, 0.05) is 33.9 Å². The van der Waals surface area contributed by atoms with Gasteiger partial charge in [0.2, 0.25) is 6.79 Å². The topological polar surface area (TPSA) is 47.6 Å². The van der Waals surface area contributed by atoms with Gasteiger partial charge in [0.15, 0.2) is 17.3 Å². The number of carbonyl (C=O) groups excluding carboxylic acids is 1. The SMILES string of the molecule is O=C(/C=C1\NCCc2cc3c(cc21)OCO3)c1ccc(Br)cc1. The van der Waals surface area contributed by atoms with Crippen molar-refractivity contribution in [2.24, 2.45) is 0 Å². The molecular formula is C18H14BrNO3. The molecular weight excluding hydrogens is 358 g/mol. The molecule has 4 rings (SSSR count). The van der Waals surface area contributed by atoms with E-state index in [1.807, 2.05) is 36.4 Å².